The van der Waals surface area contributed by atoms with Crippen LogP contribution in [0, 0.1) is 17.8 Å². The summed E-state index contributed by atoms with van der Waals surface area (Å²) in [6.45, 7) is 6.82. The first-order chi connectivity index (χ1) is 7.83. The summed E-state index contributed by atoms with van der Waals surface area (Å²) in [5, 5.41) is 11.6. The number of oxime groups is 1. The standard InChI is InChI=1S/C11H19N3O3/c1-11(2,3)17-10(15)14-4-6-7(5-14)8(6)9(12)13-16/h6-8,16H,4-5H2,1-3H3,(H2,12,13). The monoisotopic (exact) mass is 241 g/mol. The minimum Gasteiger partial charge on any atom is -0.444 e. The first-order valence-electron chi connectivity index (χ1n) is 5.79. The van der Waals surface area contributed by atoms with Crippen molar-refractivity contribution in [1.82, 2.24) is 4.90 Å². The number of likely N-dealkylation sites (tertiary alicyclic amines) is 1. The lowest BCUT2D eigenvalue weighted by molar-refractivity contribution is 0.0270. The van der Waals surface area contributed by atoms with Crippen LogP contribution < -0.4 is 5.73 Å². The first kappa shape index (κ1) is 12.0. The predicted octanol–water partition coefficient (Wildman–Crippen LogP) is 0.846. The Hall–Kier alpha value is -1.46. The van der Waals surface area contributed by atoms with Crippen LogP contribution in [0.2, 0.25) is 0 Å². The third-order valence-corrected chi connectivity index (χ3v) is 3.30. The van der Waals surface area contributed by atoms with Crippen molar-refractivity contribution in [1.29, 1.82) is 0 Å². The zero-order chi connectivity index (χ0) is 12.8. The minimum absolute atomic E-state index is 0.138. The van der Waals surface area contributed by atoms with Gasteiger partial charge in [-0.25, -0.2) is 4.79 Å². The molecule has 1 amide bonds. The summed E-state index contributed by atoms with van der Waals surface area (Å²) in [4.78, 5) is 13.5. The normalized spacial score (nSPS) is 32.3. The first-order valence-corrected chi connectivity index (χ1v) is 5.79. The summed E-state index contributed by atoms with van der Waals surface area (Å²) in [6, 6.07) is 0. The number of amidine groups is 1. The van der Waals surface area contributed by atoms with E-state index in [0.29, 0.717) is 24.9 Å². The average Bonchev–Trinajstić information content (AvgIpc) is 2.69. The van der Waals surface area contributed by atoms with E-state index in [1.165, 1.54) is 0 Å². The van der Waals surface area contributed by atoms with Crippen LogP contribution in [-0.2, 0) is 4.74 Å². The maximum atomic E-state index is 11.8. The van der Waals surface area contributed by atoms with Gasteiger partial charge in [0.05, 0.1) is 0 Å². The van der Waals surface area contributed by atoms with Crippen molar-refractivity contribution in [3.05, 3.63) is 0 Å². The number of carbonyl (C=O) groups is 1. The van der Waals surface area contributed by atoms with Gasteiger partial charge in [0.1, 0.15) is 11.4 Å². The van der Waals surface area contributed by atoms with Crippen LogP contribution in [0.4, 0.5) is 4.79 Å². The lowest BCUT2D eigenvalue weighted by Crippen LogP contribution is -2.38. The number of ether oxygens (including phenoxy) is 1. The molecule has 0 aromatic rings. The summed E-state index contributed by atoms with van der Waals surface area (Å²) in [7, 11) is 0. The maximum Gasteiger partial charge on any atom is 0.410 e. The van der Waals surface area contributed by atoms with Gasteiger partial charge in [0.2, 0.25) is 0 Å². The molecule has 17 heavy (non-hydrogen) atoms. The van der Waals surface area contributed by atoms with Crippen LogP contribution in [0.1, 0.15) is 20.8 Å². The predicted molar refractivity (Wildman–Crippen MR) is 61.7 cm³/mol. The van der Waals surface area contributed by atoms with E-state index < -0.39 is 5.60 Å². The molecule has 2 aliphatic rings. The minimum atomic E-state index is -0.463. The summed E-state index contributed by atoms with van der Waals surface area (Å²) >= 11 is 0. The highest BCUT2D eigenvalue weighted by Gasteiger charge is 2.59. The number of fused-ring (bicyclic) bond motifs is 1. The number of nitrogens with zero attached hydrogens (tertiary/aromatic N) is 2. The van der Waals surface area contributed by atoms with Crippen LogP contribution in [-0.4, -0.2) is 40.7 Å². The molecule has 0 aromatic carbocycles. The van der Waals surface area contributed by atoms with Gasteiger partial charge in [-0.2, -0.15) is 0 Å². The average molecular weight is 241 g/mol. The van der Waals surface area contributed by atoms with E-state index in [0.717, 1.165) is 0 Å². The van der Waals surface area contributed by atoms with Crippen LogP contribution in [0.15, 0.2) is 5.16 Å². The van der Waals surface area contributed by atoms with Crippen LogP contribution in [0.3, 0.4) is 0 Å². The van der Waals surface area contributed by atoms with Gasteiger partial charge in [0.15, 0.2) is 0 Å². The van der Waals surface area contributed by atoms with Gasteiger partial charge < -0.3 is 20.6 Å². The molecule has 1 aliphatic heterocycles. The molecule has 6 heteroatoms. The van der Waals surface area contributed by atoms with E-state index in [1.54, 1.807) is 4.90 Å². The Morgan fingerprint density at radius 2 is 1.94 bits per heavy atom. The molecule has 1 aliphatic carbocycles. The summed E-state index contributed by atoms with van der Waals surface area (Å²) < 4.78 is 5.29. The fraction of sp³-hybridized carbons (Fsp3) is 0.818. The highest BCUT2D eigenvalue weighted by molar-refractivity contribution is 5.86. The maximum absolute atomic E-state index is 11.8. The highest BCUT2D eigenvalue weighted by Crippen LogP contribution is 2.51. The number of carbonyl (C=O) groups excluding carboxylic acids is 1. The Balaban J connectivity index is 1.85. The van der Waals surface area contributed by atoms with Crippen LogP contribution in [0.5, 0.6) is 0 Å². The van der Waals surface area contributed by atoms with Crippen molar-refractivity contribution in [2.45, 2.75) is 26.4 Å². The van der Waals surface area contributed by atoms with Crippen LogP contribution >= 0.6 is 0 Å². The molecule has 2 unspecified atom stereocenters. The van der Waals surface area contributed by atoms with E-state index in [4.69, 9.17) is 15.7 Å². The molecular formula is C11H19N3O3. The summed E-state index contributed by atoms with van der Waals surface area (Å²) in [5.74, 6) is 1.08. The van der Waals surface area contributed by atoms with Crippen LogP contribution in [0.25, 0.3) is 0 Å². The fourth-order valence-electron chi connectivity index (χ4n) is 2.51. The molecule has 2 fully saturated rings. The lowest BCUT2D eigenvalue weighted by atomic mass is 10.2. The molecule has 0 spiro atoms. The third kappa shape index (κ3) is 2.30. The number of piperidine rings is 1. The second-order valence-corrected chi connectivity index (χ2v) is 5.76. The van der Waals surface area contributed by atoms with E-state index in [9.17, 15) is 4.79 Å². The number of hydrogen-bond acceptors (Lipinski definition) is 4. The lowest BCUT2D eigenvalue weighted by Gasteiger charge is -2.25. The van der Waals surface area contributed by atoms with E-state index in [2.05, 4.69) is 5.16 Å². The van der Waals surface area contributed by atoms with Crippen molar-refractivity contribution in [2.75, 3.05) is 13.1 Å². The molecule has 1 heterocycles. The Kier molecular flexibility index (Phi) is 2.67. The molecule has 96 valence electrons. The van der Waals surface area contributed by atoms with Gasteiger partial charge in [-0.05, 0) is 32.6 Å². The van der Waals surface area contributed by atoms with E-state index >= 15 is 0 Å². The Labute approximate surface area is 100 Å². The Morgan fingerprint density at radius 3 is 2.35 bits per heavy atom. The molecular weight excluding hydrogens is 222 g/mol. The van der Waals surface area contributed by atoms with Crippen molar-refractivity contribution in [2.24, 2.45) is 28.6 Å². The zero-order valence-electron chi connectivity index (χ0n) is 10.4. The number of rotatable bonds is 1. The number of nitrogens with two attached hydrogens (primary N) is 1. The Morgan fingerprint density at radius 1 is 1.41 bits per heavy atom. The second kappa shape index (κ2) is 3.78. The van der Waals surface area contributed by atoms with Crippen molar-refractivity contribution < 1.29 is 14.7 Å². The largest absolute Gasteiger partial charge is 0.444 e. The van der Waals surface area contributed by atoms with Gasteiger partial charge in [0, 0.05) is 19.0 Å². The molecule has 0 radical (unpaired) electrons. The molecule has 1 saturated carbocycles. The SMILES string of the molecule is CC(C)(C)OC(=O)N1CC2C(C1)C2C(N)=NO. The summed E-state index contributed by atoms with van der Waals surface area (Å²) in [5.41, 5.74) is 5.09. The van der Waals surface area contributed by atoms with Gasteiger partial charge in [-0.1, -0.05) is 5.16 Å². The molecule has 3 N–H and O–H groups in total. The number of amides is 1. The molecule has 6 nitrogen and oxygen atoms in total. The van der Waals surface area contributed by atoms with Gasteiger partial charge >= 0.3 is 6.09 Å². The topological polar surface area (TPSA) is 88.2 Å². The number of hydrogen-bond donors (Lipinski definition) is 2. The smallest absolute Gasteiger partial charge is 0.410 e. The van der Waals surface area contributed by atoms with Crippen molar-refractivity contribution in [3.63, 3.8) is 0 Å². The van der Waals surface area contributed by atoms with E-state index in [1.807, 2.05) is 20.8 Å². The Bertz CT molecular complexity index is 349. The van der Waals surface area contributed by atoms with E-state index in [-0.39, 0.29) is 17.8 Å². The van der Waals surface area contributed by atoms with Gasteiger partial charge in [-0.15, -0.1) is 0 Å². The fourth-order valence-corrected chi connectivity index (χ4v) is 2.51. The third-order valence-electron chi connectivity index (χ3n) is 3.30. The molecule has 2 atom stereocenters. The molecule has 0 aromatic heterocycles. The van der Waals surface area contributed by atoms with Crippen molar-refractivity contribution in [3.8, 4) is 0 Å². The molecule has 2 rings (SSSR count). The molecule has 1 saturated heterocycles. The van der Waals surface area contributed by atoms with Gasteiger partial charge in [0.25, 0.3) is 0 Å². The van der Waals surface area contributed by atoms with Gasteiger partial charge in [-0.3, -0.25) is 0 Å². The molecule has 0 bridgehead atoms. The zero-order valence-corrected chi connectivity index (χ0v) is 10.4. The second-order valence-electron chi connectivity index (χ2n) is 5.76. The summed E-state index contributed by atoms with van der Waals surface area (Å²) in [6.07, 6.45) is -0.275. The highest BCUT2D eigenvalue weighted by atomic mass is 16.6. The quantitative estimate of drug-likeness (QED) is 0.308. The van der Waals surface area contributed by atoms with Crippen molar-refractivity contribution >= 4 is 11.9 Å².